The summed E-state index contributed by atoms with van der Waals surface area (Å²) in [5, 5.41) is 10.5. The monoisotopic (exact) mass is 368 g/mol. The first-order chi connectivity index (χ1) is 13.2. The fraction of sp³-hybridized carbons (Fsp3) is 0.211. The van der Waals surface area contributed by atoms with Crippen LogP contribution >= 0.6 is 0 Å². The van der Waals surface area contributed by atoms with Gasteiger partial charge in [-0.3, -0.25) is 14.7 Å². The Kier molecular flexibility index (Phi) is 5.98. The Morgan fingerprint density at radius 3 is 2.70 bits per heavy atom. The molecule has 8 heteroatoms. The van der Waals surface area contributed by atoms with Gasteiger partial charge in [0.15, 0.2) is 17.5 Å². The number of hydrogen-bond donors (Lipinski definition) is 2. The fourth-order valence-corrected chi connectivity index (χ4v) is 2.43. The van der Waals surface area contributed by atoms with Gasteiger partial charge in [-0.2, -0.15) is 5.10 Å². The largest absolute Gasteiger partial charge is 0.453 e. The van der Waals surface area contributed by atoms with E-state index in [9.17, 15) is 4.39 Å². The molecule has 2 N–H and O–H groups in total. The Labute approximate surface area is 156 Å². The summed E-state index contributed by atoms with van der Waals surface area (Å²) in [6.45, 7) is 1.01. The molecule has 0 amide bonds. The van der Waals surface area contributed by atoms with Gasteiger partial charge in [-0.05, 0) is 35.9 Å². The molecule has 0 atom stereocenters. The zero-order valence-electron chi connectivity index (χ0n) is 15.2. The number of aryl methyl sites for hydroxylation is 1. The number of nitrogens with zero attached hydrogens (tertiary/aromatic N) is 4. The van der Waals surface area contributed by atoms with E-state index in [0.29, 0.717) is 24.8 Å². The van der Waals surface area contributed by atoms with Crippen molar-refractivity contribution in [2.45, 2.75) is 13.1 Å². The van der Waals surface area contributed by atoms with Gasteiger partial charge in [-0.1, -0.05) is 6.07 Å². The van der Waals surface area contributed by atoms with Gasteiger partial charge in [0.2, 0.25) is 0 Å². The maximum Gasteiger partial charge on any atom is 0.191 e. The number of nitrogens with one attached hydrogen (secondary N) is 2. The van der Waals surface area contributed by atoms with Crippen LogP contribution < -0.4 is 15.4 Å². The maximum absolute atomic E-state index is 14.3. The third kappa shape index (κ3) is 5.04. The van der Waals surface area contributed by atoms with E-state index in [1.54, 1.807) is 48.4 Å². The van der Waals surface area contributed by atoms with Crippen molar-refractivity contribution in [2.75, 3.05) is 7.05 Å². The average Bonchev–Trinajstić information content (AvgIpc) is 3.10. The molecule has 3 rings (SSSR count). The van der Waals surface area contributed by atoms with E-state index in [1.165, 1.54) is 12.3 Å². The van der Waals surface area contributed by atoms with Crippen molar-refractivity contribution in [3.8, 4) is 11.5 Å². The summed E-state index contributed by atoms with van der Waals surface area (Å²) in [6.07, 6.45) is 4.91. The van der Waals surface area contributed by atoms with Crippen molar-refractivity contribution >= 4 is 5.96 Å². The lowest BCUT2D eigenvalue weighted by atomic mass is 10.2. The van der Waals surface area contributed by atoms with Crippen LogP contribution in [0, 0.1) is 5.82 Å². The van der Waals surface area contributed by atoms with Gasteiger partial charge < -0.3 is 15.4 Å². The Morgan fingerprint density at radius 2 is 2.04 bits per heavy atom. The van der Waals surface area contributed by atoms with Gasteiger partial charge in [0.05, 0.1) is 18.4 Å². The zero-order valence-corrected chi connectivity index (χ0v) is 15.2. The lowest BCUT2D eigenvalue weighted by Crippen LogP contribution is -2.36. The first-order valence-corrected chi connectivity index (χ1v) is 8.43. The third-order valence-corrected chi connectivity index (χ3v) is 3.90. The molecule has 0 saturated heterocycles. The summed E-state index contributed by atoms with van der Waals surface area (Å²) in [7, 11) is 3.56. The molecule has 2 aromatic heterocycles. The van der Waals surface area contributed by atoms with Gasteiger partial charge >= 0.3 is 0 Å². The quantitative estimate of drug-likeness (QED) is 0.517. The van der Waals surface area contributed by atoms with Crippen LogP contribution in [-0.2, 0) is 20.1 Å². The zero-order chi connectivity index (χ0) is 19.1. The number of aliphatic imine (C=N–C) groups is 1. The second kappa shape index (κ2) is 8.79. The predicted molar refractivity (Wildman–Crippen MR) is 101 cm³/mol. The number of ether oxygens (including phenoxy) is 1. The molecule has 0 aliphatic carbocycles. The molecule has 27 heavy (non-hydrogen) atoms. The topological polar surface area (TPSA) is 76.4 Å². The van der Waals surface area contributed by atoms with Crippen LogP contribution in [0.15, 0.2) is 60.0 Å². The third-order valence-electron chi connectivity index (χ3n) is 3.90. The second-order valence-electron chi connectivity index (χ2n) is 5.78. The molecule has 0 unspecified atom stereocenters. The molecule has 7 nitrogen and oxygen atoms in total. The van der Waals surface area contributed by atoms with Gasteiger partial charge in [-0.25, -0.2) is 4.39 Å². The number of benzene rings is 1. The van der Waals surface area contributed by atoms with Gasteiger partial charge in [0.1, 0.15) is 5.75 Å². The number of aromatic nitrogens is 3. The summed E-state index contributed by atoms with van der Waals surface area (Å²) in [5.41, 5.74) is 1.80. The fourth-order valence-electron chi connectivity index (χ4n) is 2.43. The molecular weight excluding hydrogens is 347 g/mol. The summed E-state index contributed by atoms with van der Waals surface area (Å²) in [6, 6.07) is 10.2. The van der Waals surface area contributed by atoms with E-state index >= 15 is 0 Å². The minimum absolute atomic E-state index is 0.158. The highest BCUT2D eigenvalue weighted by Gasteiger charge is 2.07. The van der Waals surface area contributed by atoms with Crippen LogP contribution in [0.25, 0.3) is 0 Å². The van der Waals surface area contributed by atoms with E-state index in [4.69, 9.17) is 4.74 Å². The Balaban J connectivity index is 1.55. The second-order valence-corrected chi connectivity index (χ2v) is 5.78. The van der Waals surface area contributed by atoms with Crippen LogP contribution in [0.1, 0.15) is 11.3 Å². The van der Waals surface area contributed by atoms with E-state index in [2.05, 4.69) is 25.7 Å². The predicted octanol–water partition coefficient (Wildman–Crippen LogP) is 2.61. The highest BCUT2D eigenvalue weighted by molar-refractivity contribution is 5.79. The summed E-state index contributed by atoms with van der Waals surface area (Å²) >= 11 is 0. The molecule has 0 fully saturated rings. The van der Waals surface area contributed by atoms with Crippen LogP contribution in [0.3, 0.4) is 0 Å². The van der Waals surface area contributed by atoms with E-state index in [-0.39, 0.29) is 5.75 Å². The highest BCUT2D eigenvalue weighted by Crippen LogP contribution is 2.24. The van der Waals surface area contributed by atoms with Crippen molar-refractivity contribution in [1.82, 2.24) is 25.4 Å². The van der Waals surface area contributed by atoms with Crippen molar-refractivity contribution in [1.29, 1.82) is 0 Å². The lowest BCUT2D eigenvalue weighted by Gasteiger charge is -2.13. The number of pyridine rings is 1. The summed E-state index contributed by atoms with van der Waals surface area (Å²) in [4.78, 5) is 8.11. The van der Waals surface area contributed by atoms with Crippen LogP contribution in [-0.4, -0.2) is 27.8 Å². The van der Waals surface area contributed by atoms with Crippen LogP contribution in [0.4, 0.5) is 4.39 Å². The SMILES string of the molecule is CN=C(NCc1ccc(Oc2cccnc2)c(F)c1)NCc1ccnn1C. The van der Waals surface area contributed by atoms with Crippen molar-refractivity contribution < 1.29 is 9.13 Å². The van der Waals surface area contributed by atoms with Crippen molar-refractivity contribution in [3.63, 3.8) is 0 Å². The van der Waals surface area contributed by atoms with Crippen LogP contribution in [0.5, 0.6) is 11.5 Å². The molecule has 0 spiro atoms. The molecule has 0 aliphatic rings. The summed E-state index contributed by atoms with van der Waals surface area (Å²) in [5.74, 6) is 0.829. The van der Waals surface area contributed by atoms with Crippen molar-refractivity contribution in [2.24, 2.45) is 12.0 Å². The van der Waals surface area contributed by atoms with Crippen molar-refractivity contribution in [3.05, 3.63) is 72.1 Å². The molecule has 0 saturated carbocycles. The molecule has 2 heterocycles. The smallest absolute Gasteiger partial charge is 0.191 e. The Bertz CT molecular complexity index is 910. The minimum atomic E-state index is -0.434. The van der Waals surface area contributed by atoms with Crippen LogP contribution in [0.2, 0.25) is 0 Å². The minimum Gasteiger partial charge on any atom is -0.453 e. The Hall–Kier alpha value is -3.42. The van der Waals surface area contributed by atoms with Gasteiger partial charge in [-0.15, -0.1) is 0 Å². The first kappa shape index (κ1) is 18.4. The normalized spacial score (nSPS) is 11.3. The Morgan fingerprint density at radius 1 is 1.19 bits per heavy atom. The number of halogens is 1. The van der Waals surface area contributed by atoms with E-state index < -0.39 is 5.82 Å². The molecule has 0 bridgehead atoms. The molecule has 0 radical (unpaired) electrons. The molecule has 1 aromatic carbocycles. The first-order valence-electron chi connectivity index (χ1n) is 8.43. The number of hydrogen-bond acceptors (Lipinski definition) is 4. The van der Waals surface area contributed by atoms with E-state index in [0.717, 1.165) is 11.3 Å². The average molecular weight is 368 g/mol. The molecule has 140 valence electrons. The lowest BCUT2D eigenvalue weighted by molar-refractivity contribution is 0.440. The maximum atomic E-state index is 14.3. The molecule has 0 aliphatic heterocycles. The standard InChI is InChI=1S/C19H21FN6O/c1-21-19(24-12-15-7-9-25-26(15)2)23-11-14-5-6-18(17(20)10-14)27-16-4-3-8-22-13-16/h3-10,13H,11-12H2,1-2H3,(H2,21,23,24). The number of guanidine groups is 1. The number of rotatable bonds is 6. The van der Waals surface area contributed by atoms with E-state index in [1.807, 2.05) is 13.1 Å². The molecule has 3 aromatic rings. The van der Waals surface area contributed by atoms with Gasteiger partial charge in [0.25, 0.3) is 0 Å². The van der Waals surface area contributed by atoms with Gasteiger partial charge in [0, 0.05) is 33.0 Å². The highest BCUT2D eigenvalue weighted by atomic mass is 19.1. The summed E-state index contributed by atoms with van der Waals surface area (Å²) < 4.78 is 21.6. The molecular formula is C19H21FN6O.